The summed E-state index contributed by atoms with van der Waals surface area (Å²) in [5.41, 5.74) is 3.08. The fourth-order valence-corrected chi connectivity index (χ4v) is 3.39. The fraction of sp³-hybridized carbons (Fsp3) is 0.200. The van der Waals surface area contributed by atoms with Crippen molar-refractivity contribution in [2.75, 3.05) is 6.61 Å². The van der Waals surface area contributed by atoms with E-state index in [0.29, 0.717) is 21.2 Å². The molecule has 0 saturated carbocycles. The predicted octanol–water partition coefficient (Wildman–Crippen LogP) is 5.01. The number of ketones is 1. The maximum Gasteiger partial charge on any atom is 0.310 e. The summed E-state index contributed by atoms with van der Waals surface area (Å²) in [5.74, 6) is -0.814. The average molecular weight is 390 g/mol. The topological polar surface area (TPSA) is 59.2 Å². The van der Waals surface area contributed by atoms with Crippen molar-refractivity contribution in [3.63, 3.8) is 0 Å². The third-order valence-electron chi connectivity index (χ3n) is 4.23. The second-order valence-electron chi connectivity index (χ2n) is 5.86. The van der Waals surface area contributed by atoms with Crippen LogP contribution in [0.5, 0.6) is 0 Å². The molecule has 0 aliphatic rings. The van der Waals surface area contributed by atoms with Gasteiger partial charge in [-0.05, 0) is 24.1 Å². The van der Waals surface area contributed by atoms with E-state index in [9.17, 15) is 9.59 Å². The number of hydrogen-bond donors (Lipinski definition) is 1. The van der Waals surface area contributed by atoms with Crippen LogP contribution in [0.2, 0.25) is 10.0 Å². The van der Waals surface area contributed by atoms with Gasteiger partial charge in [-0.2, -0.15) is 0 Å². The van der Waals surface area contributed by atoms with Gasteiger partial charge in [-0.1, -0.05) is 54.4 Å². The number of fused-ring (bicyclic) bond motifs is 1. The van der Waals surface area contributed by atoms with Gasteiger partial charge in [0.25, 0.3) is 0 Å². The molecule has 0 radical (unpaired) electrons. The lowest BCUT2D eigenvalue weighted by Crippen LogP contribution is -2.15. The van der Waals surface area contributed by atoms with E-state index in [1.807, 2.05) is 18.2 Å². The summed E-state index contributed by atoms with van der Waals surface area (Å²) < 4.78 is 5.13. The number of halogens is 2. The Balaban J connectivity index is 1.68. The maximum absolute atomic E-state index is 12.5. The summed E-state index contributed by atoms with van der Waals surface area (Å²) in [6.45, 7) is 1.73. The highest BCUT2D eigenvalue weighted by molar-refractivity contribution is 6.36. The molecule has 3 aromatic rings. The zero-order valence-electron chi connectivity index (χ0n) is 14.1. The van der Waals surface area contributed by atoms with Gasteiger partial charge in [0.1, 0.15) is 0 Å². The van der Waals surface area contributed by atoms with Crippen molar-refractivity contribution in [1.29, 1.82) is 0 Å². The summed E-state index contributed by atoms with van der Waals surface area (Å²) >= 11 is 12.1. The molecule has 1 N–H and O–H groups in total. The van der Waals surface area contributed by atoms with Crippen molar-refractivity contribution >= 4 is 45.9 Å². The van der Waals surface area contributed by atoms with Gasteiger partial charge in [0.05, 0.1) is 6.42 Å². The molecule has 0 aliphatic heterocycles. The molecule has 2 aromatic carbocycles. The molecule has 134 valence electrons. The Kier molecular flexibility index (Phi) is 5.64. The van der Waals surface area contributed by atoms with Gasteiger partial charge in [0.15, 0.2) is 6.61 Å². The number of rotatable bonds is 6. The quantitative estimate of drug-likeness (QED) is 0.476. The molecule has 4 nitrogen and oxygen atoms in total. The predicted molar refractivity (Wildman–Crippen MR) is 103 cm³/mol. The molecule has 0 spiro atoms. The highest BCUT2D eigenvalue weighted by Gasteiger charge is 2.17. The second kappa shape index (κ2) is 7.94. The molecule has 0 amide bonds. The lowest BCUT2D eigenvalue weighted by atomic mass is 10.1. The van der Waals surface area contributed by atoms with E-state index in [1.165, 1.54) is 0 Å². The van der Waals surface area contributed by atoms with E-state index in [0.717, 1.165) is 22.9 Å². The summed E-state index contributed by atoms with van der Waals surface area (Å²) in [4.78, 5) is 27.7. The van der Waals surface area contributed by atoms with Gasteiger partial charge in [0.2, 0.25) is 5.78 Å². The van der Waals surface area contributed by atoms with E-state index in [1.54, 1.807) is 24.4 Å². The zero-order valence-corrected chi connectivity index (χ0v) is 15.7. The van der Waals surface area contributed by atoms with Crippen LogP contribution >= 0.6 is 23.2 Å². The van der Waals surface area contributed by atoms with E-state index in [-0.39, 0.29) is 18.8 Å². The van der Waals surface area contributed by atoms with E-state index in [2.05, 4.69) is 11.9 Å². The lowest BCUT2D eigenvalue weighted by molar-refractivity contribution is -0.141. The standard InChI is InChI=1S/C20H17Cl2NO3/c1-2-12-5-3-6-13-15(10-23-20(12)13)18(24)11-26-19(25)9-14-16(21)7-4-8-17(14)22/h3-8,10,23H,2,9,11H2,1H3. The van der Waals surface area contributed by atoms with Crippen molar-refractivity contribution < 1.29 is 14.3 Å². The van der Waals surface area contributed by atoms with Gasteiger partial charge < -0.3 is 9.72 Å². The van der Waals surface area contributed by atoms with Crippen LogP contribution in [0.25, 0.3) is 10.9 Å². The number of carbonyl (C=O) groups excluding carboxylic acids is 2. The summed E-state index contributed by atoms with van der Waals surface area (Å²) in [7, 11) is 0. The molecule has 1 aromatic heterocycles. The first-order valence-electron chi connectivity index (χ1n) is 8.22. The van der Waals surface area contributed by atoms with Crippen molar-refractivity contribution in [1.82, 2.24) is 4.98 Å². The summed E-state index contributed by atoms with van der Waals surface area (Å²) in [6.07, 6.45) is 2.43. The summed E-state index contributed by atoms with van der Waals surface area (Å²) in [5, 5.41) is 1.62. The van der Waals surface area contributed by atoms with Crippen LogP contribution < -0.4 is 0 Å². The second-order valence-corrected chi connectivity index (χ2v) is 6.67. The number of hydrogen-bond acceptors (Lipinski definition) is 3. The van der Waals surface area contributed by atoms with Crippen molar-refractivity contribution in [2.24, 2.45) is 0 Å². The third kappa shape index (κ3) is 3.76. The van der Waals surface area contributed by atoms with Crippen LogP contribution in [0, 0.1) is 0 Å². The Bertz CT molecular complexity index is 958. The number of H-pyrrole nitrogens is 1. The molecule has 0 fully saturated rings. The number of benzene rings is 2. The van der Waals surface area contributed by atoms with E-state index < -0.39 is 5.97 Å². The first-order valence-corrected chi connectivity index (χ1v) is 8.97. The number of ether oxygens (including phenoxy) is 1. The Morgan fingerprint density at radius 1 is 1.08 bits per heavy atom. The smallest absolute Gasteiger partial charge is 0.310 e. The number of aromatic amines is 1. The number of para-hydroxylation sites is 1. The Morgan fingerprint density at radius 2 is 1.77 bits per heavy atom. The van der Waals surface area contributed by atoms with Crippen LogP contribution in [0.15, 0.2) is 42.6 Å². The molecule has 6 heteroatoms. The number of carbonyl (C=O) groups is 2. The van der Waals surface area contributed by atoms with Gasteiger partial charge >= 0.3 is 5.97 Å². The Morgan fingerprint density at radius 3 is 2.46 bits per heavy atom. The normalized spacial score (nSPS) is 10.9. The minimum atomic E-state index is -0.553. The average Bonchev–Trinajstić information content (AvgIpc) is 3.07. The van der Waals surface area contributed by atoms with Gasteiger partial charge in [0, 0.05) is 38.3 Å². The fourth-order valence-electron chi connectivity index (χ4n) is 2.86. The molecule has 0 aliphatic carbocycles. The molecule has 0 unspecified atom stereocenters. The van der Waals surface area contributed by atoms with Gasteiger partial charge in [-0.25, -0.2) is 0 Å². The first-order chi connectivity index (χ1) is 12.5. The van der Waals surface area contributed by atoms with E-state index >= 15 is 0 Å². The molecule has 0 bridgehead atoms. The minimum Gasteiger partial charge on any atom is -0.457 e. The first kappa shape index (κ1) is 18.5. The van der Waals surface area contributed by atoms with Gasteiger partial charge in [-0.3, -0.25) is 9.59 Å². The third-order valence-corrected chi connectivity index (χ3v) is 4.94. The maximum atomic E-state index is 12.5. The zero-order chi connectivity index (χ0) is 18.7. The number of aromatic nitrogens is 1. The van der Waals surface area contributed by atoms with Gasteiger partial charge in [-0.15, -0.1) is 0 Å². The highest BCUT2D eigenvalue weighted by Crippen LogP contribution is 2.25. The highest BCUT2D eigenvalue weighted by atomic mass is 35.5. The number of Topliss-reactive ketones (excluding diaryl/α,β-unsaturated/α-hetero) is 1. The van der Waals surface area contributed by atoms with E-state index in [4.69, 9.17) is 27.9 Å². The largest absolute Gasteiger partial charge is 0.457 e. The molecule has 0 atom stereocenters. The number of aryl methyl sites for hydroxylation is 1. The van der Waals surface area contributed by atoms with Crippen LogP contribution in [0.3, 0.4) is 0 Å². The Labute approximate surface area is 161 Å². The van der Waals surface area contributed by atoms with Crippen molar-refractivity contribution in [2.45, 2.75) is 19.8 Å². The summed E-state index contributed by atoms with van der Waals surface area (Å²) in [6, 6.07) is 10.8. The number of nitrogens with one attached hydrogen (secondary N) is 1. The van der Waals surface area contributed by atoms with Crippen LogP contribution in [0.4, 0.5) is 0 Å². The van der Waals surface area contributed by atoms with Crippen LogP contribution in [-0.2, 0) is 22.4 Å². The van der Waals surface area contributed by atoms with Crippen LogP contribution in [-0.4, -0.2) is 23.3 Å². The van der Waals surface area contributed by atoms with Crippen molar-refractivity contribution in [3.05, 3.63) is 69.3 Å². The van der Waals surface area contributed by atoms with Crippen LogP contribution in [0.1, 0.15) is 28.4 Å². The van der Waals surface area contributed by atoms with Crippen molar-refractivity contribution in [3.8, 4) is 0 Å². The molecule has 3 rings (SSSR count). The lowest BCUT2D eigenvalue weighted by Gasteiger charge is -2.07. The molecule has 0 saturated heterocycles. The molecule has 1 heterocycles. The monoisotopic (exact) mass is 389 g/mol. The molecular formula is C20H17Cl2NO3. The SMILES string of the molecule is CCc1cccc2c(C(=O)COC(=O)Cc3c(Cl)cccc3Cl)c[nH]c12. The molecule has 26 heavy (non-hydrogen) atoms. The Hall–Kier alpha value is -2.30. The molecular weight excluding hydrogens is 373 g/mol. The number of esters is 1. The minimum absolute atomic E-state index is 0.0837.